The van der Waals surface area contributed by atoms with Gasteiger partial charge in [0.1, 0.15) is 0 Å². The highest BCUT2D eigenvalue weighted by atomic mass is 19.3. The second kappa shape index (κ2) is 9.36. The van der Waals surface area contributed by atoms with E-state index < -0.39 is 12.0 Å². The number of nitrogens with zero attached hydrogens (tertiary/aromatic N) is 3. The summed E-state index contributed by atoms with van der Waals surface area (Å²) in [7, 11) is 0. The highest BCUT2D eigenvalue weighted by Crippen LogP contribution is 2.42. The Labute approximate surface area is 210 Å². The molecule has 36 heavy (non-hydrogen) atoms. The van der Waals surface area contributed by atoms with E-state index in [1.54, 1.807) is 9.80 Å². The third-order valence-corrected chi connectivity index (χ3v) is 8.45. The first-order valence-electron chi connectivity index (χ1n) is 13.0. The number of nitrogens with one attached hydrogen (secondary N) is 3. The third-order valence-electron chi connectivity index (χ3n) is 8.45. The first kappa shape index (κ1) is 23.8. The number of likely N-dealkylation sites (tertiary alicyclic amines) is 1. The van der Waals surface area contributed by atoms with Crippen molar-refractivity contribution in [1.29, 1.82) is 0 Å². The summed E-state index contributed by atoms with van der Waals surface area (Å²) in [5.41, 5.74) is 10.1. The summed E-state index contributed by atoms with van der Waals surface area (Å²) >= 11 is 0. The normalized spacial score (nSPS) is 34.1. The van der Waals surface area contributed by atoms with Crippen molar-refractivity contribution in [1.82, 2.24) is 31.0 Å². The lowest BCUT2D eigenvalue weighted by Crippen LogP contribution is -2.66. The van der Waals surface area contributed by atoms with E-state index in [9.17, 15) is 13.6 Å². The maximum absolute atomic E-state index is 14.8. The molecule has 0 bridgehead atoms. The van der Waals surface area contributed by atoms with E-state index in [0.717, 1.165) is 24.1 Å². The van der Waals surface area contributed by atoms with Gasteiger partial charge in [-0.05, 0) is 54.9 Å². The summed E-state index contributed by atoms with van der Waals surface area (Å²) in [5, 5.41) is 3.18. The number of pyridine rings is 1. The SMILES string of the molecule is Cc1cc(C2NNC3CC4NC(=O)N(C5CN(Cc6ccccc6)CC(F)(F)C5)CC4CC32)ccn1. The largest absolute Gasteiger partial charge is 0.335 e. The van der Waals surface area contributed by atoms with Crippen LogP contribution in [0.25, 0.3) is 0 Å². The number of fused-ring (bicyclic) bond motifs is 2. The topological polar surface area (TPSA) is 72.5 Å². The molecule has 6 rings (SSSR count). The van der Waals surface area contributed by atoms with Crippen molar-refractivity contribution in [2.45, 2.75) is 62.8 Å². The quantitative estimate of drug-likeness (QED) is 0.606. The average molecular weight is 497 g/mol. The molecule has 2 amide bonds. The number of hydrogen-bond donors (Lipinski definition) is 3. The van der Waals surface area contributed by atoms with Crippen LogP contribution in [0.15, 0.2) is 48.7 Å². The summed E-state index contributed by atoms with van der Waals surface area (Å²) in [6, 6.07) is 13.7. The minimum Gasteiger partial charge on any atom is -0.335 e. The fourth-order valence-corrected chi connectivity index (χ4v) is 6.85. The first-order valence-corrected chi connectivity index (χ1v) is 13.0. The van der Waals surface area contributed by atoms with Gasteiger partial charge in [0.15, 0.2) is 0 Å². The average Bonchev–Trinajstić information content (AvgIpc) is 3.24. The lowest BCUT2D eigenvalue weighted by atomic mass is 9.71. The van der Waals surface area contributed by atoms with Crippen LogP contribution in [0.1, 0.15) is 42.1 Å². The number of hydrazine groups is 1. The Morgan fingerprint density at radius 2 is 1.92 bits per heavy atom. The van der Waals surface area contributed by atoms with Crippen LogP contribution >= 0.6 is 0 Å². The number of urea groups is 1. The summed E-state index contributed by atoms with van der Waals surface area (Å²) in [6.45, 7) is 3.18. The van der Waals surface area contributed by atoms with Crippen LogP contribution in [0, 0.1) is 18.8 Å². The van der Waals surface area contributed by atoms with Crippen LogP contribution < -0.4 is 16.2 Å². The number of carbonyl (C=O) groups is 1. The first-order chi connectivity index (χ1) is 17.3. The van der Waals surface area contributed by atoms with Gasteiger partial charge in [-0.25, -0.2) is 19.0 Å². The molecule has 2 aromatic rings. The molecular weight excluding hydrogens is 462 g/mol. The molecule has 1 aromatic heterocycles. The van der Waals surface area contributed by atoms with E-state index in [1.807, 2.05) is 43.5 Å². The predicted octanol–water partition coefficient (Wildman–Crippen LogP) is 3.24. The van der Waals surface area contributed by atoms with E-state index in [-0.39, 0.29) is 43.0 Å². The Morgan fingerprint density at radius 3 is 2.72 bits per heavy atom. The highest BCUT2D eigenvalue weighted by molar-refractivity contribution is 5.76. The Balaban J connectivity index is 1.17. The summed E-state index contributed by atoms with van der Waals surface area (Å²) in [4.78, 5) is 21.0. The number of piperidine rings is 1. The number of aromatic nitrogens is 1. The molecule has 0 spiro atoms. The van der Waals surface area contributed by atoms with Gasteiger partial charge in [-0.15, -0.1) is 0 Å². The molecule has 4 aliphatic rings. The molecule has 192 valence electrons. The molecule has 0 radical (unpaired) electrons. The maximum atomic E-state index is 14.8. The van der Waals surface area contributed by atoms with Gasteiger partial charge in [0.25, 0.3) is 5.92 Å². The van der Waals surface area contributed by atoms with Crippen LogP contribution in [0.2, 0.25) is 0 Å². The Bertz CT molecular complexity index is 1100. The lowest BCUT2D eigenvalue weighted by molar-refractivity contribution is -0.0947. The summed E-state index contributed by atoms with van der Waals surface area (Å²) in [6.07, 6.45) is 3.33. The van der Waals surface area contributed by atoms with E-state index in [2.05, 4.69) is 33.3 Å². The number of rotatable bonds is 4. The Hall–Kier alpha value is -2.62. The van der Waals surface area contributed by atoms with Crippen LogP contribution in [-0.2, 0) is 6.54 Å². The zero-order valence-corrected chi connectivity index (χ0v) is 20.5. The molecule has 1 aliphatic carbocycles. The Morgan fingerprint density at radius 1 is 1.08 bits per heavy atom. The van der Waals surface area contributed by atoms with Gasteiger partial charge in [0, 0.05) is 50.0 Å². The van der Waals surface area contributed by atoms with Crippen LogP contribution in [0.5, 0.6) is 0 Å². The van der Waals surface area contributed by atoms with Crippen molar-refractivity contribution in [3.05, 3.63) is 65.5 Å². The van der Waals surface area contributed by atoms with Gasteiger partial charge < -0.3 is 10.2 Å². The van der Waals surface area contributed by atoms with Crippen molar-refractivity contribution < 1.29 is 13.6 Å². The number of hydrogen-bond acceptors (Lipinski definition) is 5. The molecule has 9 heteroatoms. The van der Waals surface area contributed by atoms with Crippen LogP contribution in [0.4, 0.5) is 13.6 Å². The van der Waals surface area contributed by atoms with Gasteiger partial charge in [0.05, 0.1) is 18.6 Å². The fraction of sp³-hybridized carbons (Fsp3) is 0.556. The Kier molecular flexibility index (Phi) is 6.17. The zero-order valence-electron chi connectivity index (χ0n) is 20.5. The van der Waals surface area contributed by atoms with E-state index in [4.69, 9.17) is 0 Å². The van der Waals surface area contributed by atoms with Gasteiger partial charge in [-0.2, -0.15) is 0 Å². The minimum atomic E-state index is -2.82. The number of benzene rings is 1. The minimum absolute atomic E-state index is 0.0618. The number of aryl methyl sites for hydroxylation is 1. The molecule has 7 nitrogen and oxygen atoms in total. The van der Waals surface area contributed by atoms with E-state index in [1.165, 1.54) is 5.56 Å². The van der Waals surface area contributed by atoms with Gasteiger partial charge >= 0.3 is 6.03 Å². The molecule has 3 N–H and O–H groups in total. The molecule has 6 atom stereocenters. The standard InChI is InChI=1S/C27H34F2N6O/c1-17-9-19(7-8-30-17)25-22-10-20-14-35(26(36)31-23(20)11-24(22)32-33-25)21-12-27(28,29)16-34(15-21)13-18-5-3-2-4-6-18/h2-9,20-25,32-33H,10-16H2,1H3,(H,31,36). The van der Waals surface area contributed by atoms with Crippen LogP contribution in [-0.4, -0.2) is 64.5 Å². The van der Waals surface area contributed by atoms with Crippen molar-refractivity contribution >= 4 is 6.03 Å². The second-order valence-electron chi connectivity index (χ2n) is 11.1. The number of amides is 2. The van der Waals surface area contributed by atoms with Crippen molar-refractivity contribution in [2.75, 3.05) is 19.6 Å². The van der Waals surface area contributed by atoms with Gasteiger partial charge in [-0.1, -0.05) is 30.3 Å². The van der Waals surface area contributed by atoms with Crippen molar-refractivity contribution in [2.24, 2.45) is 11.8 Å². The van der Waals surface area contributed by atoms with Crippen molar-refractivity contribution in [3.63, 3.8) is 0 Å². The van der Waals surface area contributed by atoms with Gasteiger partial charge in [-0.3, -0.25) is 15.3 Å². The molecule has 1 aromatic carbocycles. The van der Waals surface area contributed by atoms with Gasteiger partial charge in [0.2, 0.25) is 0 Å². The smallest absolute Gasteiger partial charge is 0.317 e. The van der Waals surface area contributed by atoms with E-state index in [0.29, 0.717) is 25.6 Å². The molecule has 4 heterocycles. The predicted molar refractivity (Wildman–Crippen MR) is 132 cm³/mol. The second-order valence-corrected chi connectivity index (χ2v) is 11.1. The lowest BCUT2D eigenvalue weighted by Gasteiger charge is -2.50. The molecule has 4 fully saturated rings. The molecule has 3 saturated heterocycles. The monoisotopic (exact) mass is 496 g/mol. The fourth-order valence-electron chi connectivity index (χ4n) is 6.85. The number of alkyl halides is 2. The molecular formula is C27H34F2N6O. The summed E-state index contributed by atoms with van der Waals surface area (Å²) < 4.78 is 29.7. The zero-order chi connectivity index (χ0) is 24.9. The number of carbonyl (C=O) groups excluding carboxylic acids is 1. The molecule has 6 unspecified atom stereocenters. The molecule has 1 saturated carbocycles. The van der Waals surface area contributed by atoms with Crippen LogP contribution in [0.3, 0.4) is 0 Å². The third kappa shape index (κ3) is 4.71. The molecule has 3 aliphatic heterocycles. The van der Waals surface area contributed by atoms with E-state index >= 15 is 0 Å². The summed E-state index contributed by atoms with van der Waals surface area (Å²) in [5.74, 6) is -2.22. The maximum Gasteiger partial charge on any atom is 0.317 e. The van der Waals surface area contributed by atoms with Crippen molar-refractivity contribution in [3.8, 4) is 0 Å². The highest BCUT2D eigenvalue weighted by Gasteiger charge is 2.50. The number of halogens is 2.